The van der Waals surface area contributed by atoms with Crippen LogP contribution in [0.15, 0.2) is 48.8 Å². The van der Waals surface area contributed by atoms with Gasteiger partial charge in [0.15, 0.2) is 6.10 Å². The minimum atomic E-state index is -0.873. The largest absolute Gasteiger partial charge is 0.455 e. The lowest BCUT2D eigenvalue weighted by atomic mass is 9.89. The average molecular weight is 382 g/mol. The molecule has 2 aromatic rings. The van der Waals surface area contributed by atoms with E-state index in [-0.39, 0.29) is 11.5 Å². The minimum absolute atomic E-state index is 0.262. The SMILES string of the molecule is CC(OC(=O)c1ccccc1Oc1cccnc1)C(=O)NCC1CCCCC1. The van der Waals surface area contributed by atoms with E-state index in [1.165, 1.54) is 19.3 Å². The summed E-state index contributed by atoms with van der Waals surface area (Å²) in [4.78, 5) is 28.9. The number of esters is 1. The second-order valence-electron chi connectivity index (χ2n) is 7.08. The monoisotopic (exact) mass is 382 g/mol. The van der Waals surface area contributed by atoms with E-state index in [1.54, 1.807) is 55.7 Å². The molecule has 6 nitrogen and oxygen atoms in total. The lowest BCUT2D eigenvalue weighted by molar-refractivity contribution is -0.129. The molecule has 1 heterocycles. The molecule has 6 heteroatoms. The summed E-state index contributed by atoms with van der Waals surface area (Å²) in [6, 6.07) is 10.3. The third-order valence-corrected chi connectivity index (χ3v) is 4.91. The summed E-state index contributed by atoms with van der Waals surface area (Å²) in [7, 11) is 0. The Balaban J connectivity index is 1.57. The first-order valence-electron chi connectivity index (χ1n) is 9.79. The highest BCUT2D eigenvalue weighted by Gasteiger charge is 2.22. The van der Waals surface area contributed by atoms with E-state index in [4.69, 9.17) is 9.47 Å². The Hall–Kier alpha value is -2.89. The molecule has 1 unspecified atom stereocenters. The zero-order chi connectivity index (χ0) is 19.8. The van der Waals surface area contributed by atoms with Crippen LogP contribution in [-0.2, 0) is 9.53 Å². The molecule has 0 aliphatic heterocycles. The van der Waals surface area contributed by atoms with Crippen LogP contribution >= 0.6 is 0 Å². The van der Waals surface area contributed by atoms with Gasteiger partial charge in [0.05, 0.1) is 6.20 Å². The van der Waals surface area contributed by atoms with Crippen molar-refractivity contribution in [2.24, 2.45) is 5.92 Å². The van der Waals surface area contributed by atoms with E-state index in [2.05, 4.69) is 10.3 Å². The summed E-state index contributed by atoms with van der Waals surface area (Å²) in [5.41, 5.74) is 0.262. The number of rotatable bonds is 7. The Labute approximate surface area is 165 Å². The Morgan fingerprint density at radius 3 is 2.68 bits per heavy atom. The van der Waals surface area contributed by atoms with Crippen molar-refractivity contribution in [3.05, 3.63) is 54.4 Å². The maximum atomic E-state index is 12.6. The van der Waals surface area contributed by atoms with Gasteiger partial charge in [0, 0.05) is 12.7 Å². The predicted octanol–water partition coefficient (Wildman–Crippen LogP) is 4.12. The van der Waals surface area contributed by atoms with Crippen molar-refractivity contribution in [2.75, 3.05) is 6.54 Å². The zero-order valence-corrected chi connectivity index (χ0v) is 16.1. The molecule has 1 aliphatic rings. The van der Waals surface area contributed by atoms with E-state index in [1.807, 2.05) is 0 Å². The fourth-order valence-corrected chi connectivity index (χ4v) is 3.32. The second kappa shape index (κ2) is 9.88. The number of amides is 1. The normalized spacial score (nSPS) is 15.5. The lowest BCUT2D eigenvalue weighted by Gasteiger charge is -2.22. The molecular weight excluding hydrogens is 356 g/mol. The molecule has 0 bridgehead atoms. The summed E-state index contributed by atoms with van der Waals surface area (Å²) < 4.78 is 11.1. The minimum Gasteiger partial charge on any atom is -0.455 e. The van der Waals surface area contributed by atoms with Gasteiger partial charge in [-0.2, -0.15) is 0 Å². The van der Waals surface area contributed by atoms with E-state index in [0.29, 0.717) is 24.0 Å². The smallest absolute Gasteiger partial charge is 0.342 e. The zero-order valence-electron chi connectivity index (χ0n) is 16.1. The summed E-state index contributed by atoms with van der Waals surface area (Å²) in [5, 5.41) is 2.91. The molecule has 0 spiro atoms. The number of carbonyl (C=O) groups excluding carboxylic acids is 2. The number of hydrogen-bond acceptors (Lipinski definition) is 5. The van der Waals surface area contributed by atoms with Gasteiger partial charge in [-0.3, -0.25) is 9.78 Å². The maximum Gasteiger partial charge on any atom is 0.342 e. The van der Waals surface area contributed by atoms with Crippen molar-refractivity contribution in [3.63, 3.8) is 0 Å². The van der Waals surface area contributed by atoms with Gasteiger partial charge in [-0.05, 0) is 49.9 Å². The molecule has 28 heavy (non-hydrogen) atoms. The number of benzene rings is 1. The van der Waals surface area contributed by atoms with Crippen molar-refractivity contribution >= 4 is 11.9 Å². The average Bonchev–Trinajstić information content (AvgIpc) is 2.73. The standard InChI is InChI=1S/C22H26N2O4/c1-16(21(25)24-14-17-8-3-2-4-9-17)27-22(26)19-11-5-6-12-20(19)28-18-10-7-13-23-15-18/h5-7,10-13,15-17H,2-4,8-9,14H2,1H3,(H,24,25). The number of nitrogens with one attached hydrogen (secondary N) is 1. The van der Waals surface area contributed by atoms with E-state index in [0.717, 1.165) is 12.8 Å². The number of aromatic nitrogens is 1. The van der Waals surface area contributed by atoms with Crippen LogP contribution in [0.3, 0.4) is 0 Å². The molecule has 1 fully saturated rings. The van der Waals surface area contributed by atoms with Crippen LogP contribution in [0.1, 0.15) is 49.4 Å². The first kappa shape index (κ1) is 19.9. The number of carbonyl (C=O) groups is 2. The highest BCUT2D eigenvalue weighted by atomic mass is 16.5. The fraction of sp³-hybridized carbons (Fsp3) is 0.409. The highest BCUT2D eigenvalue weighted by Crippen LogP contribution is 2.26. The molecule has 0 radical (unpaired) electrons. The molecule has 1 amide bonds. The third-order valence-electron chi connectivity index (χ3n) is 4.91. The van der Waals surface area contributed by atoms with Gasteiger partial charge in [-0.1, -0.05) is 31.4 Å². The highest BCUT2D eigenvalue weighted by molar-refractivity contribution is 5.94. The van der Waals surface area contributed by atoms with Gasteiger partial charge in [-0.25, -0.2) is 4.79 Å². The van der Waals surface area contributed by atoms with Gasteiger partial charge >= 0.3 is 5.97 Å². The molecule has 1 aromatic heterocycles. The molecule has 1 N–H and O–H groups in total. The molecule has 148 valence electrons. The summed E-state index contributed by atoms with van der Waals surface area (Å²) in [5.74, 6) is 0.523. The number of para-hydroxylation sites is 1. The summed E-state index contributed by atoms with van der Waals surface area (Å²) >= 11 is 0. The number of pyridine rings is 1. The Bertz CT molecular complexity index is 788. The van der Waals surface area contributed by atoms with E-state index < -0.39 is 12.1 Å². The summed E-state index contributed by atoms with van der Waals surface area (Å²) in [6.07, 6.45) is 8.34. The molecular formula is C22H26N2O4. The first-order valence-corrected chi connectivity index (χ1v) is 9.79. The predicted molar refractivity (Wildman–Crippen MR) is 105 cm³/mol. The third kappa shape index (κ3) is 5.55. The van der Waals surface area contributed by atoms with E-state index >= 15 is 0 Å². The molecule has 3 rings (SSSR count). The number of nitrogens with zero attached hydrogens (tertiary/aromatic N) is 1. The Kier molecular flexibility index (Phi) is 7.00. The first-order chi connectivity index (χ1) is 13.6. The van der Waals surface area contributed by atoms with Crippen molar-refractivity contribution < 1.29 is 19.1 Å². The molecule has 1 aliphatic carbocycles. The van der Waals surface area contributed by atoms with Crippen molar-refractivity contribution in [1.82, 2.24) is 10.3 Å². The Morgan fingerprint density at radius 1 is 1.14 bits per heavy atom. The van der Waals surface area contributed by atoms with Crippen LogP contribution in [0.5, 0.6) is 11.5 Å². The van der Waals surface area contributed by atoms with Crippen LogP contribution in [0, 0.1) is 5.92 Å². The lowest BCUT2D eigenvalue weighted by Crippen LogP contribution is -2.38. The van der Waals surface area contributed by atoms with Crippen LogP contribution in [0.25, 0.3) is 0 Å². The van der Waals surface area contributed by atoms with Crippen molar-refractivity contribution in [2.45, 2.75) is 45.1 Å². The van der Waals surface area contributed by atoms with Gasteiger partial charge in [-0.15, -0.1) is 0 Å². The number of hydrogen-bond donors (Lipinski definition) is 1. The van der Waals surface area contributed by atoms with Gasteiger partial charge < -0.3 is 14.8 Å². The second-order valence-corrected chi connectivity index (χ2v) is 7.08. The van der Waals surface area contributed by atoms with Gasteiger partial charge in [0.25, 0.3) is 5.91 Å². The van der Waals surface area contributed by atoms with Crippen LogP contribution < -0.4 is 10.1 Å². The summed E-state index contributed by atoms with van der Waals surface area (Å²) in [6.45, 7) is 2.22. The topological polar surface area (TPSA) is 77.5 Å². The Morgan fingerprint density at radius 2 is 1.93 bits per heavy atom. The molecule has 1 saturated carbocycles. The quantitative estimate of drug-likeness (QED) is 0.729. The van der Waals surface area contributed by atoms with Crippen molar-refractivity contribution in [1.29, 1.82) is 0 Å². The van der Waals surface area contributed by atoms with Crippen LogP contribution in [0.2, 0.25) is 0 Å². The van der Waals surface area contributed by atoms with Crippen LogP contribution in [0.4, 0.5) is 0 Å². The van der Waals surface area contributed by atoms with Gasteiger partial charge in [0.1, 0.15) is 17.1 Å². The molecule has 1 aromatic carbocycles. The van der Waals surface area contributed by atoms with E-state index in [9.17, 15) is 9.59 Å². The fourth-order valence-electron chi connectivity index (χ4n) is 3.32. The molecule has 0 saturated heterocycles. The van der Waals surface area contributed by atoms with Crippen LogP contribution in [-0.4, -0.2) is 29.5 Å². The number of ether oxygens (including phenoxy) is 2. The molecule has 1 atom stereocenters. The van der Waals surface area contributed by atoms with Crippen molar-refractivity contribution in [3.8, 4) is 11.5 Å². The van der Waals surface area contributed by atoms with Gasteiger partial charge in [0.2, 0.25) is 0 Å². The maximum absolute atomic E-state index is 12.6.